The molecule has 2 aliphatic heterocycles. The third-order valence-electron chi connectivity index (χ3n) is 8.66. The number of carbonyl (C=O) groups excluding carboxylic acids is 3. The van der Waals surface area contributed by atoms with Gasteiger partial charge in [0, 0.05) is 29.1 Å². The molecule has 4 aromatic rings. The molecule has 0 aliphatic carbocycles. The van der Waals surface area contributed by atoms with Crippen molar-refractivity contribution < 1.29 is 46.5 Å². The van der Waals surface area contributed by atoms with Crippen LogP contribution >= 0.6 is 11.3 Å². The number of amides is 1. The third kappa shape index (κ3) is 8.94. The summed E-state index contributed by atoms with van der Waals surface area (Å²) >= 11 is 1.59. The van der Waals surface area contributed by atoms with E-state index in [4.69, 9.17) is 14.2 Å². The van der Waals surface area contributed by atoms with Crippen LogP contribution in [-0.2, 0) is 25.5 Å². The Morgan fingerprint density at radius 1 is 0.820 bits per heavy atom. The van der Waals surface area contributed by atoms with Crippen LogP contribution < -0.4 is 14.2 Å². The van der Waals surface area contributed by atoms with E-state index in [1.807, 2.05) is 53.4 Å². The molecule has 2 aliphatic rings. The number of ether oxygens (including phenoxy) is 4. The second kappa shape index (κ2) is 15.9. The summed E-state index contributed by atoms with van der Waals surface area (Å²) in [4.78, 5) is 40.2. The highest BCUT2D eigenvalue weighted by Gasteiger charge is 2.42. The molecule has 13 heteroatoms. The van der Waals surface area contributed by atoms with Gasteiger partial charge >= 0.3 is 18.1 Å². The number of fused-ring (bicyclic) bond motifs is 1. The second-order valence-electron chi connectivity index (χ2n) is 12.2. The predicted octanol–water partition coefficient (Wildman–Crippen LogP) is 6.65. The summed E-state index contributed by atoms with van der Waals surface area (Å²) in [6.07, 6.45) is -0.975. The van der Waals surface area contributed by atoms with Gasteiger partial charge in [-0.3, -0.25) is 9.69 Å². The lowest BCUT2D eigenvalue weighted by Crippen LogP contribution is -2.30. The van der Waals surface area contributed by atoms with Gasteiger partial charge in [0.15, 0.2) is 18.1 Å². The standard InChI is InChI=1S/C37H37F3N2O7S/c38-37(39,40)36(45)49-34(44)24-48-31-23-26(11-14-30(31)47-20-18-41-15-3-4-16-41)35-29(28-6-1-2-7-32(28)50-35)22-25-9-12-27(13-10-25)46-21-19-42-17-5-8-33(42)43/h1-2,6-7,9-14,23H,3-5,8,15-22,24H2. The van der Waals surface area contributed by atoms with Crippen molar-refractivity contribution in [2.45, 2.75) is 38.3 Å². The number of nitrogens with zero attached hydrogens (tertiary/aromatic N) is 2. The number of alkyl halides is 3. The Morgan fingerprint density at radius 2 is 1.58 bits per heavy atom. The van der Waals surface area contributed by atoms with Gasteiger partial charge in [-0.05, 0) is 97.2 Å². The minimum Gasteiger partial charge on any atom is -0.492 e. The largest absolute Gasteiger partial charge is 0.492 e. The van der Waals surface area contributed by atoms with Crippen LogP contribution in [0.3, 0.4) is 0 Å². The van der Waals surface area contributed by atoms with Crippen LogP contribution in [0.2, 0.25) is 0 Å². The number of rotatable bonds is 14. The lowest BCUT2D eigenvalue weighted by molar-refractivity contribution is -0.202. The summed E-state index contributed by atoms with van der Waals surface area (Å²) in [5, 5.41) is 1.07. The first-order valence-electron chi connectivity index (χ1n) is 16.6. The predicted molar refractivity (Wildman–Crippen MR) is 182 cm³/mol. The lowest BCUT2D eigenvalue weighted by Gasteiger charge is -2.17. The maximum atomic E-state index is 12.7. The molecule has 6 rings (SSSR count). The molecule has 0 radical (unpaired) electrons. The molecule has 3 heterocycles. The van der Waals surface area contributed by atoms with E-state index < -0.39 is 24.7 Å². The van der Waals surface area contributed by atoms with Crippen LogP contribution in [0, 0.1) is 0 Å². The number of hydrogen-bond donors (Lipinski definition) is 0. The van der Waals surface area contributed by atoms with E-state index in [1.54, 1.807) is 23.5 Å². The quantitative estimate of drug-likeness (QED) is 0.106. The molecule has 0 atom stereocenters. The Bertz CT molecular complexity index is 1820. The minimum absolute atomic E-state index is 0.140. The Labute approximate surface area is 291 Å². The van der Waals surface area contributed by atoms with Crippen molar-refractivity contribution in [1.82, 2.24) is 9.80 Å². The molecule has 0 saturated carbocycles. The normalized spacial score (nSPS) is 15.1. The molecule has 9 nitrogen and oxygen atoms in total. The SMILES string of the molecule is O=C(COc1cc(-c2sc3ccccc3c2Cc2ccc(OCCN3CCCC3=O)cc2)ccc1OCCN1CCCC1)OC(=O)C(F)(F)F. The van der Waals surface area contributed by atoms with Gasteiger partial charge in [-0.2, -0.15) is 13.2 Å². The van der Waals surface area contributed by atoms with E-state index in [1.165, 1.54) is 0 Å². The molecule has 1 amide bonds. The van der Waals surface area contributed by atoms with Crippen LogP contribution in [0.25, 0.3) is 20.5 Å². The Hall–Kier alpha value is -4.62. The zero-order valence-corrected chi connectivity index (χ0v) is 28.2. The van der Waals surface area contributed by atoms with Gasteiger partial charge in [0.05, 0.1) is 6.54 Å². The number of likely N-dealkylation sites (tertiary alicyclic amines) is 2. The van der Waals surface area contributed by atoms with Crippen LogP contribution in [0.1, 0.15) is 36.8 Å². The maximum absolute atomic E-state index is 12.7. The molecule has 2 saturated heterocycles. The zero-order valence-electron chi connectivity index (χ0n) is 27.3. The van der Waals surface area contributed by atoms with Crippen molar-refractivity contribution in [3.63, 3.8) is 0 Å². The van der Waals surface area contributed by atoms with Crippen LogP contribution in [0.15, 0.2) is 66.7 Å². The van der Waals surface area contributed by atoms with Gasteiger partial charge in [0.25, 0.3) is 0 Å². The number of carbonyl (C=O) groups is 3. The molecule has 1 aromatic heterocycles. The van der Waals surface area contributed by atoms with E-state index in [-0.39, 0.29) is 11.7 Å². The zero-order chi connectivity index (χ0) is 35.1. The van der Waals surface area contributed by atoms with Gasteiger partial charge in [-0.15, -0.1) is 11.3 Å². The Kier molecular flexibility index (Phi) is 11.2. The first kappa shape index (κ1) is 35.2. The summed E-state index contributed by atoms with van der Waals surface area (Å²) in [5.41, 5.74) is 2.88. The number of benzene rings is 3. The van der Waals surface area contributed by atoms with Crippen molar-refractivity contribution in [2.75, 3.05) is 52.5 Å². The molecular weight excluding hydrogens is 673 g/mol. The van der Waals surface area contributed by atoms with E-state index in [0.717, 1.165) is 70.6 Å². The van der Waals surface area contributed by atoms with Crippen LogP contribution in [-0.4, -0.2) is 86.4 Å². The maximum Gasteiger partial charge on any atom is 0.491 e. The van der Waals surface area contributed by atoms with Crippen LogP contribution in [0.5, 0.6) is 17.2 Å². The number of thiophene rings is 1. The van der Waals surface area contributed by atoms with Crippen molar-refractivity contribution in [2.24, 2.45) is 0 Å². The summed E-state index contributed by atoms with van der Waals surface area (Å²) < 4.78 is 60.5. The second-order valence-corrected chi connectivity index (χ2v) is 13.2. The van der Waals surface area contributed by atoms with E-state index in [0.29, 0.717) is 50.6 Å². The molecule has 264 valence electrons. The van der Waals surface area contributed by atoms with Crippen molar-refractivity contribution in [1.29, 1.82) is 0 Å². The van der Waals surface area contributed by atoms with E-state index in [9.17, 15) is 27.6 Å². The van der Waals surface area contributed by atoms with Crippen LogP contribution in [0.4, 0.5) is 13.2 Å². The minimum atomic E-state index is -5.31. The number of esters is 2. The first-order chi connectivity index (χ1) is 24.1. The molecule has 0 unspecified atom stereocenters. The van der Waals surface area contributed by atoms with Gasteiger partial charge in [-0.1, -0.05) is 30.3 Å². The van der Waals surface area contributed by atoms with E-state index in [2.05, 4.69) is 15.7 Å². The molecule has 0 bridgehead atoms. The summed E-state index contributed by atoms with van der Waals surface area (Å²) in [6, 6.07) is 21.2. The molecule has 0 spiro atoms. The molecule has 0 N–H and O–H groups in total. The lowest BCUT2D eigenvalue weighted by atomic mass is 9.98. The topological polar surface area (TPSA) is 94.6 Å². The highest BCUT2D eigenvalue weighted by atomic mass is 32.1. The number of halogens is 3. The average Bonchev–Trinajstić information content (AvgIpc) is 3.86. The fourth-order valence-electron chi connectivity index (χ4n) is 6.13. The fraction of sp³-hybridized carbons (Fsp3) is 0.378. The Morgan fingerprint density at radius 3 is 2.32 bits per heavy atom. The van der Waals surface area contributed by atoms with Crippen molar-refractivity contribution in [3.8, 4) is 27.7 Å². The van der Waals surface area contributed by atoms with Gasteiger partial charge in [0.1, 0.15) is 19.0 Å². The van der Waals surface area contributed by atoms with Gasteiger partial charge in [-0.25, -0.2) is 9.59 Å². The average molecular weight is 711 g/mol. The monoisotopic (exact) mass is 710 g/mol. The van der Waals surface area contributed by atoms with Gasteiger partial charge < -0.3 is 23.8 Å². The molecular formula is C37H37F3N2O7S. The summed E-state index contributed by atoms with van der Waals surface area (Å²) in [7, 11) is 0. The van der Waals surface area contributed by atoms with Crippen molar-refractivity contribution in [3.05, 3.63) is 77.9 Å². The summed E-state index contributed by atoms with van der Waals surface area (Å²) in [5.74, 6) is -2.74. The van der Waals surface area contributed by atoms with Gasteiger partial charge in [0.2, 0.25) is 5.91 Å². The van der Waals surface area contributed by atoms with Crippen molar-refractivity contribution >= 4 is 39.3 Å². The first-order valence-corrected chi connectivity index (χ1v) is 17.4. The summed E-state index contributed by atoms with van der Waals surface area (Å²) in [6.45, 7) is 3.83. The highest BCUT2D eigenvalue weighted by Crippen LogP contribution is 2.42. The smallest absolute Gasteiger partial charge is 0.491 e. The molecule has 3 aromatic carbocycles. The fourth-order valence-corrected chi connectivity index (χ4v) is 7.35. The van der Waals surface area contributed by atoms with E-state index >= 15 is 0 Å². The molecule has 50 heavy (non-hydrogen) atoms. The highest BCUT2D eigenvalue weighted by molar-refractivity contribution is 7.22. The Balaban J connectivity index is 1.21. The third-order valence-corrected chi connectivity index (χ3v) is 9.92. The molecule has 2 fully saturated rings. The number of hydrogen-bond acceptors (Lipinski definition) is 9.